The fraction of sp³-hybridized carbons (Fsp3) is 0.571. The van der Waals surface area contributed by atoms with Crippen molar-refractivity contribution >= 4 is 33.4 Å². The maximum Gasteiger partial charge on any atom is 0.306 e. The minimum atomic E-state index is -0.347. The fourth-order valence-corrected chi connectivity index (χ4v) is 4.42. The van der Waals surface area contributed by atoms with Crippen molar-refractivity contribution in [2.75, 3.05) is 6.61 Å². The van der Waals surface area contributed by atoms with Crippen molar-refractivity contribution in [3.05, 3.63) is 29.3 Å². The lowest BCUT2D eigenvalue weighted by Gasteiger charge is -2.33. The maximum atomic E-state index is 12.0. The molecule has 2 rings (SSSR count). The number of nitrogens with one attached hydrogen (secondary N) is 1. The average molecular weight is 391 g/mol. The number of fused-ring (bicyclic) bond motifs is 1. The molecule has 0 saturated heterocycles. The molecular weight excluding hydrogens is 360 g/mol. The number of carbonyl (C=O) groups excluding carboxylic acids is 2. The molecule has 2 aromatic rings. The molecular formula is C21H30N2O3S. The molecule has 27 heavy (non-hydrogen) atoms. The maximum absolute atomic E-state index is 12.0. The Labute approximate surface area is 165 Å². The van der Waals surface area contributed by atoms with E-state index in [0.717, 1.165) is 28.1 Å². The van der Waals surface area contributed by atoms with Crippen LogP contribution < -0.4 is 5.32 Å². The Morgan fingerprint density at radius 1 is 1.15 bits per heavy atom. The molecule has 5 nitrogen and oxygen atoms in total. The standard InChI is InChI=1S/C21H30N2O3S/c1-20(2,3)14-21(4,5)23-17(24)13-26-19(25)12-8-11-18-22-15-9-6-7-10-16(15)27-18/h6-7,9-10H,8,11-14H2,1-5H3,(H,23,24). The Morgan fingerprint density at radius 2 is 1.85 bits per heavy atom. The third-order valence-corrected chi connectivity index (χ3v) is 5.02. The zero-order chi connectivity index (χ0) is 20.1. The second-order valence-corrected chi connectivity index (χ2v) is 9.87. The van der Waals surface area contributed by atoms with Gasteiger partial charge in [-0.25, -0.2) is 4.98 Å². The molecule has 0 aliphatic carbocycles. The van der Waals surface area contributed by atoms with Gasteiger partial charge in [-0.15, -0.1) is 11.3 Å². The van der Waals surface area contributed by atoms with Crippen LogP contribution in [0.2, 0.25) is 0 Å². The van der Waals surface area contributed by atoms with Crippen LogP contribution in [0.15, 0.2) is 24.3 Å². The third-order valence-electron chi connectivity index (χ3n) is 3.92. The highest BCUT2D eigenvalue weighted by molar-refractivity contribution is 7.18. The third kappa shape index (κ3) is 7.67. The summed E-state index contributed by atoms with van der Waals surface area (Å²) in [7, 11) is 0. The molecule has 0 atom stereocenters. The first-order valence-electron chi connectivity index (χ1n) is 9.35. The van der Waals surface area contributed by atoms with Crippen molar-refractivity contribution in [3.63, 3.8) is 0 Å². The second kappa shape index (κ2) is 8.83. The molecule has 1 heterocycles. The lowest BCUT2D eigenvalue weighted by molar-refractivity contribution is -0.149. The van der Waals surface area contributed by atoms with Gasteiger partial charge in [0.25, 0.3) is 5.91 Å². The topological polar surface area (TPSA) is 68.3 Å². The summed E-state index contributed by atoms with van der Waals surface area (Å²) in [6.45, 7) is 10.1. The SMILES string of the molecule is CC(C)(C)CC(C)(C)NC(=O)COC(=O)CCCc1nc2ccccc2s1. The number of nitrogens with zero attached hydrogens (tertiary/aromatic N) is 1. The number of aryl methyl sites for hydroxylation is 1. The zero-order valence-corrected chi connectivity index (χ0v) is 17.7. The lowest BCUT2D eigenvalue weighted by Crippen LogP contribution is -2.47. The van der Waals surface area contributed by atoms with Gasteiger partial charge in [-0.05, 0) is 50.7 Å². The second-order valence-electron chi connectivity index (χ2n) is 8.76. The largest absolute Gasteiger partial charge is 0.456 e. The van der Waals surface area contributed by atoms with Crippen molar-refractivity contribution in [2.24, 2.45) is 5.41 Å². The molecule has 6 heteroatoms. The van der Waals surface area contributed by atoms with Gasteiger partial charge in [0.15, 0.2) is 6.61 Å². The van der Waals surface area contributed by atoms with E-state index in [2.05, 4.69) is 31.1 Å². The first-order chi connectivity index (χ1) is 12.5. The molecule has 1 aromatic heterocycles. The van der Waals surface area contributed by atoms with Gasteiger partial charge in [-0.1, -0.05) is 32.9 Å². The number of aromatic nitrogens is 1. The quantitative estimate of drug-likeness (QED) is 0.674. The molecule has 0 radical (unpaired) electrons. The Hall–Kier alpha value is -1.95. The van der Waals surface area contributed by atoms with Crippen LogP contribution in [0.1, 0.15) is 58.9 Å². The van der Waals surface area contributed by atoms with Crippen LogP contribution in [0.3, 0.4) is 0 Å². The fourth-order valence-electron chi connectivity index (χ4n) is 3.41. The van der Waals surface area contributed by atoms with Gasteiger partial charge in [0.05, 0.1) is 15.2 Å². The molecule has 0 aliphatic rings. The summed E-state index contributed by atoms with van der Waals surface area (Å²) in [6.07, 6.45) is 2.52. The van der Waals surface area contributed by atoms with Gasteiger partial charge in [-0.3, -0.25) is 9.59 Å². The monoisotopic (exact) mass is 390 g/mol. The first kappa shape index (κ1) is 21.4. The number of rotatable bonds is 8. The Balaban J connectivity index is 1.69. The van der Waals surface area contributed by atoms with Gasteiger partial charge in [0.2, 0.25) is 0 Å². The highest BCUT2D eigenvalue weighted by Gasteiger charge is 2.27. The van der Waals surface area contributed by atoms with Crippen molar-refractivity contribution in [2.45, 2.75) is 65.8 Å². The number of esters is 1. The van der Waals surface area contributed by atoms with Crippen LogP contribution in [-0.4, -0.2) is 29.0 Å². The zero-order valence-electron chi connectivity index (χ0n) is 16.9. The predicted molar refractivity (Wildman–Crippen MR) is 110 cm³/mol. The molecule has 0 saturated carbocycles. The van der Waals surface area contributed by atoms with Crippen LogP contribution in [-0.2, 0) is 20.7 Å². The molecule has 1 N–H and O–H groups in total. The van der Waals surface area contributed by atoms with E-state index in [9.17, 15) is 9.59 Å². The summed E-state index contributed by atoms with van der Waals surface area (Å²) in [5, 5.41) is 3.96. The van der Waals surface area contributed by atoms with E-state index in [0.29, 0.717) is 6.42 Å². The van der Waals surface area contributed by atoms with Gasteiger partial charge < -0.3 is 10.1 Å². The van der Waals surface area contributed by atoms with E-state index in [1.807, 2.05) is 38.1 Å². The summed E-state index contributed by atoms with van der Waals surface area (Å²) in [6, 6.07) is 8.00. The molecule has 0 unspecified atom stereocenters. The van der Waals surface area contributed by atoms with Crippen molar-refractivity contribution in [3.8, 4) is 0 Å². The number of benzene rings is 1. The van der Waals surface area contributed by atoms with E-state index in [1.165, 1.54) is 0 Å². The van der Waals surface area contributed by atoms with E-state index in [-0.39, 0.29) is 35.9 Å². The Bertz CT molecular complexity index is 757. The normalized spacial score (nSPS) is 12.2. The van der Waals surface area contributed by atoms with Crippen molar-refractivity contribution < 1.29 is 14.3 Å². The Kier molecular flexibility index (Phi) is 6.98. The van der Waals surface area contributed by atoms with E-state index >= 15 is 0 Å². The highest BCUT2D eigenvalue weighted by atomic mass is 32.1. The van der Waals surface area contributed by atoms with Crippen LogP contribution >= 0.6 is 11.3 Å². The van der Waals surface area contributed by atoms with Crippen LogP contribution in [0, 0.1) is 5.41 Å². The highest BCUT2D eigenvalue weighted by Crippen LogP contribution is 2.26. The molecule has 0 spiro atoms. The molecule has 0 fully saturated rings. The number of hydrogen-bond donors (Lipinski definition) is 1. The Morgan fingerprint density at radius 3 is 2.52 bits per heavy atom. The molecule has 0 bridgehead atoms. The summed E-state index contributed by atoms with van der Waals surface area (Å²) < 4.78 is 6.27. The van der Waals surface area contributed by atoms with Crippen molar-refractivity contribution in [1.82, 2.24) is 10.3 Å². The van der Waals surface area contributed by atoms with E-state index < -0.39 is 0 Å². The van der Waals surface area contributed by atoms with E-state index in [4.69, 9.17) is 4.74 Å². The van der Waals surface area contributed by atoms with Gasteiger partial charge in [0, 0.05) is 12.0 Å². The minimum Gasteiger partial charge on any atom is -0.456 e. The summed E-state index contributed by atoms with van der Waals surface area (Å²) in [5.41, 5.74) is 0.762. The number of ether oxygens (including phenoxy) is 1. The van der Waals surface area contributed by atoms with Gasteiger partial charge >= 0.3 is 5.97 Å². The van der Waals surface area contributed by atoms with Gasteiger partial charge in [0.1, 0.15) is 0 Å². The number of hydrogen-bond acceptors (Lipinski definition) is 5. The summed E-state index contributed by atoms with van der Waals surface area (Å²) in [4.78, 5) is 28.5. The first-order valence-corrected chi connectivity index (χ1v) is 10.2. The predicted octanol–water partition coefficient (Wildman–Crippen LogP) is 4.49. The number of carbonyl (C=O) groups is 2. The van der Waals surface area contributed by atoms with E-state index in [1.54, 1.807) is 11.3 Å². The van der Waals surface area contributed by atoms with Crippen LogP contribution in [0.25, 0.3) is 10.2 Å². The lowest BCUT2D eigenvalue weighted by atomic mass is 9.82. The van der Waals surface area contributed by atoms with Crippen LogP contribution in [0.5, 0.6) is 0 Å². The smallest absolute Gasteiger partial charge is 0.306 e. The van der Waals surface area contributed by atoms with Crippen LogP contribution in [0.4, 0.5) is 0 Å². The number of thiazole rings is 1. The summed E-state index contributed by atoms with van der Waals surface area (Å²) in [5.74, 6) is -0.608. The molecule has 0 aliphatic heterocycles. The van der Waals surface area contributed by atoms with Crippen molar-refractivity contribution in [1.29, 1.82) is 0 Å². The molecule has 148 valence electrons. The summed E-state index contributed by atoms with van der Waals surface area (Å²) >= 11 is 1.65. The average Bonchev–Trinajstić information content (AvgIpc) is 2.92. The van der Waals surface area contributed by atoms with Gasteiger partial charge in [-0.2, -0.15) is 0 Å². The number of amides is 1. The number of para-hydroxylation sites is 1. The minimum absolute atomic E-state index is 0.105. The molecule has 1 amide bonds. The molecule has 1 aromatic carbocycles.